The quantitative estimate of drug-likeness (QED) is 0.802. The van der Waals surface area contributed by atoms with Crippen molar-refractivity contribution >= 4 is 28.8 Å². The first-order chi connectivity index (χ1) is 10.1. The number of H-pyrrole nitrogens is 1. The molecule has 6 heteroatoms. The molecule has 3 aromatic rings. The Bertz CT molecular complexity index is 867. The van der Waals surface area contributed by atoms with E-state index in [4.69, 9.17) is 23.2 Å². The van der Waals surface area contributed by atoms with Gasteiger partial charge in [0.25, 0.3) is 5.56 Å². The molecule has 0 bridgehead atoms. The molecule has 4 nitrogen and oxygen atoms in total. The smallest absolute Gasteiger partial charge is 0.276 e. The second-order valence-electron chi connectivity index (χ2n) is 4.78. The highest BCUT2D eigenvalue weighted by atomic mass is 35.5. The number of nitrogens with zero attached hydrogens (tertiary/aromatic N) is 2. The Balaban J connectivity index is 2.12. The van der Waals surface area contributed by atoms with Gasteiger partial charge in [-0.1, -0.05) is 36.2 Å². The van der Waals surface area contributed by atoms with E-state index in [-0.39, 0.29) is 5.56 Å². The standard InChI is InChI=1S/C15H13Cl2N3O/c1-2-13-10(7-9-3-4-11(16)12(17)8-9)15(21)20-14(19-13)5-6-18-20/h3-6,8,18H,2,7H2,1H3. The molecule has 0 aliphatic carbocycles. The zero-order valence-corrected chi connectivity index (χ0v) is 12.9. The normalized spacial score (nSPS) is 11.2. The molecule has 0 unspecified atom stereocenters. The minimum absolute atomic E-state index is 0.0760. The first kappa shape index (κ1) is 14.2. The van der Waals surface area contributed by atoms with Gasteiger partial charge in [0.2, 0.25) is 0 Å². The second-order valence-corrected chi connectivity index (χ2v) is 5.59. The van der Waals surface area contributed by atoms with Gasteiger partial charge in [0.15, 0.2) is 5.65 Å². The lowest BCUT2D eigenvalue weighted by Gasteiger charge is -2.08. The number of rotatable bonds is 3. The van der Waals surface area contributed by atoms with Gasteiger partial charge < -0.3 is 0 Å². The lowest BCUT2D eigenvalue weighted by atomic mass is 10.0. The second kappa shape index (κ2) is 5.54. The van der Waals surface area contributed by atoms with E-state index in [0.717, 1.165) is 11.3 Å². The fraction of sp³-hybridized carbons (Fsp3) is 0.200. The fourth-order valence-electron chi connectivity index (χ4n) is 2.36. The van der Waals surface area contributed by atoms with Gasteiger partial charge in [0, 0.05) is 24.2 Å². The predicted molar refractivity (Wildman–Crippen MR) is 84.5 cm³/mol. The van der Waals surface area contributed by atoms with Crippen LogP contribution in [0.15, 0.2) is 35.3 Å². The lowest BCUT2D eigenvalue weighted by molar-refractivity contribution is 0.842. The Morgan fingerprint density at radius 2 is 2.05 bits per heavy atom. The maximum Gasteiger partial charge on any atom is 0.276 e. The van der Waals surface area contributed by atoms with E-state index in [0.29, 0.717) is 34.1 Å². The van der Waals surface area contributed by atoms with Crippen molar-refractivity contribution in [3.05, 3.63) is 67.7 Å². The molecule has 2 aromatic heterocycles. The predicted octanol–water partition coefficient (Wildman–Crippen LogP) is 3.48. The highest BCUT2D eigenvalue weighted by Crippen LogP contribution is 2.24. The van der Waals surface area contributed by atoms with Gasteiger partial charge >= 0.3 is 0 Å². The average molecular weight is 322 g/mol. The summed E-state index contributed by atoms with van der Waals surface area (Å²) in [5, 5.41) is 3.87. The van der Waals surface area contributed by atoms with Gasteiger partial charge in [0.1, 0.15) is 0 Å². The van der Waals surface area contributed by atoms with Gasteiger partial charge in [-0.25, -0.2) is 9.50 Å². The Hall–Kier alpha value is -1.78. The van der Waals surface area contributed by atoms with Gasteiger partial charge in [-0.3, -0.25) is 9.89 Å². The highest BCUT2D eigenvalue weighted by Gasteiger charge is 2.13. The molecule has 0 aliphatic heterocycles. The van der Waals surface area contributed by atoms with Gasteiger partial charge in [-0.15, -0.1) is 0 Å². The number of benzene rings is 1. The first-order valence-electron chi connectivity index (χ1n) is 6.62. The van der Waals surface area contributed by atoms with Crippen molar-refractivity contribution in [1.29, 1.82) is 0 Å². The van der Waals surface area contributed by atoms with Crippen molar-refractivity contribution in [2.75, 3.05) is 0 Å². The van der Waals surface area contributed by atoms with E-state index < -0.39 is 0 Å². The molecule has 0 spiro atoms. The number of halogens is 2. The van der Waals surface area contributed by atoms with Crippen LogP contribution < -0.4 is 5.56 Å². The van der Waals surface area contributed by atoms with Gasteiger partial charge in [0.05, 0.1) is 15.7 Å². The summed E-state index contributed by atoms with van der Waals surface area (Å²) in [5.74, 6) is 0. The molecule has 0 radical (unpaired) electrons. The van der Waals surface area contributed by atoms with Crippen LogP contribution in [0.25, 0.3) is 5.65 Å². The van der Waals surface area contributed by atoms with Gasteiger partial charge in [-0.05, 0) is 24.1 Å². The van der Waals surface area contributed by atoms with E-state index in [1.807, 2.05) is 13.0 Å². The van der Waals surface area contributed by atoms with Crippen molar-refractivity contribution in [1.82, 2.24) is 14.6 Å². The molecule has 21 heavy (non-hydrogen) atoms. The minimum Gasteiger partial charge on any atom is -0.297 e. The van der Waals surface area contributed by atoms with Crippen LogP contribution in [-0.4, -0.2) is 14.6 Å². The topological polar surface area (TPSA) is 50.2 Å². The molecule has 0 atom stereocenters. The van der Waals surface area contributed by atoms with Crippen molar-refractivity contribution < 1.29 is 0 Å². The third-order valence-electron chi connectivity index (χ3n) is 3.42. The third-order valence-corrected chi connectivity index (χ3v) is 4.16. The molecule has 3 rings (SSSR count). The summed E-state index contributed by atoms with van der Waals surface area (Å²) in [4.78, 5) is 17.1. The molecule has 1 N–H and O–H groups in total. The number of fused-ring (bicyclic) bond motifs is 1. The third kappa shape index (κ3) is 2.57. The molecular weight excluding hydrogens is 309 g/mol. The molecule has 1 aromatic carbocycles. The zero-order valence-electron chi connectivity index (χ0n) is 11.4. The van der Waals surface area contributed by atoms with Crippen molar-refractivity contribution in [3.8, 4) is 0 Å². The van der Waals surface area contributed by atoms with Crippen LogP contribution in [0.1, 0.15) is 23.7 Å². The summed E-state index contributed by atoms with van der Waals surface area (Å²) in [6.45, 7) is 1.99. The molecule has 108 valence electrons. The number of nitrogens with one attached hydrogen (secondary N) is 1. The van der Waals surface area contributed by atoms with E-state index in [1.54, 1.807) is 24.4 Å². The van der Waals surface area contributed by atoms with Crippen LogP contribution in [0, 0.1) is 0 Å². The van der Waals surface area contributed by atoms with Crippen molar-refractivity contribution in [2.45, 2.75) is 19.8 Å². The number of aromatic amines is 1. The monoisotopic (exact) mass is 321 g/mol. The summed E-state index contributed by atoms with van der Waals surface area (Å²) in [6, 6.07) is 7.18. The van der Waals surface area contributed by atoms with Crippen LogP contribution in [0.4, 0.5) is 0 Å². The van der Waals surface area contributed by atoms with Crippen LogP contribution in [0.5, 0.6) is 0 Å². The number of aromatic nitrogens is 3. The Labute approximate surface area is 131 Å². The summed E-state index contributed by atoms with van der Waals surface area (Å²) in [7, 11) is 0. The summed E-state index contributed by atoms with van der Waals surface area (Å²) < 4.78 is 1.45. The van der Waals surface area contributed by atoms with E-state index in [9.17, 15) is 4.79 Å². The van der Waals surface area contributed by atoms with E-state index in [1.165, 1.54) is 4.52 Å². The van der Waals surface area contributed by atoms with Crippen molar-refractivity contribution in [3.63, 3.8) is 0 Å². The van der Waals surface area contributed by atoms with E-state index in [2.05, 4.69) is 10.1 Å². The Morgan fingerprint density at radius 1 is 1.24 bits per heavy atom. The largest absolute Gasteiger partial charge is 0.297 e. The zero-order chi connectivity index (χ0) is 15.0. The Morgan fingerprint density at radius 3 is 2.76 bits per heavy atom. The minimum atomic E-state index is -0.0760. The maximum atomic E-state index is 12.6. The first-order valence-corrected chi connectivity index (χ1v) is 7.37. The molecule has 0 saturated heterocycles. The molecule has 0 aliphatic rings. The van der Waals surface area contributed by atoms with Crippen LogP contribution in [0.2, 0.25) is 10.0 Å². The van der Waals surface area contributed by atoms with Crippen LogP contribution in [0.3, 0.4) is 0 Å². The molecular formula is C15H13Cl2N3O. The van der Waals surface area contributed by atoms with Gasteiger partial charge in [-0.2, -0.15) is 0 Å². The maximum absolute atomic E-state index is 12.6. The van der Waals surface area contributed by atoms with Crippen LogP contribution >= 0.6 is 23.2 Å². The lowest BCUT2D eigenvalue weighted by Crippen LogP contribution is -2.22. The molecule has 0 amide bonds. The number of hydrogen-bond acceptors (Lipinski definition) is 2. The number of aryl methyl sites for hydroxylation is 1. The highest BCUT2D eigenvalue weighted by molar-refractivity contribution is 6.42. The van der Waals surface area contributed by atoms with Crippen LogP contribution in [-0.2, 0) is 12.8 Å². The SMILES string of the molecule is CCc1nc2cc[nH]n2c(=O)c1Cc1ccc(Cl)c(Cl)c1. The summed E-state index contributed by atoms with van der Waals surface area (Å²) in [5.41, 5.74) is 2.98. The summed E-state index contributed by atoms with van der Waals surface area (Å²) >= 11 is 12.0. The molecule has 2 heterocycles. The number of hydrogen-bond donors (Lipinski definition) is 1. The summed E-state index contributed by atoms with van der Waals surface area (Å²) in [6.07, 6.45) is 2.88. The average Bonchev–Trinajstić information content (AvgIpc) is 2.94. The Kier molecular flexibility index (Phi) is 3.74. The molecule has 0 saturated carbocycles. The fourth-order valence-corrected chi connectivity index (χ4v) is 2.69. The van der Waals surface area contributed by atoms with E-state index >= 15 is 0 Å². The molecule has 0 fully saturated rings. The van der Waals surface area contributed by atoms with Crippen molar-refractivity contribution in [2.24, 2.45) is 0 Å².